The van der Waals surface area contributed by atoms with Gasteiger partial charge in [-0.25, -0.2) is 0 Å². The lowest BCUT2D eigenvalue weighted by Gasteiger charge is -2.41. The van der Waals surface area contributed by atoms with E-state index in [2.05, 4.69) is 62.6 Å². The van der Waals surface area contributed by atoms with Gasteiger partial charge in [0, 0.05) is 5.56 Å². The second-order valence-electron chi connectivity index (χ2n) is 7.77. The summed E-state index contributed by atoms with van der Waals surface area (Å²) in [6.07, 6.45) is 2.51. The van der Waals surface area contributed by atoms with Gasteiger partial charge in [0.2, 0.25) is 0 Å². The molecular formula is C18H32N2O+2. The molecule has 0 aromatic heterocycles. The molecule has 1 fully saturated rings. The van der Waals surface area contributed by atoms with Gasteiger partial charge in [0.25, 0.3) is 0 Å². The Morgan fingerprint density at radius 3 is 2.38 bits per heavy atom. The molecule has 0 atom stereocenters. The minimum atomic E-state index is 0.336. The maximum atomic E-state index is 5.73. The Labute approximate surface area is 129 Å². The molecule has 1 aromatic carbocycles. The maximum absolute atomic E-state index is 5.73. The van der Waals surface area contributed by atoms with Crippen molar-refractivity contribution < 1.29 is 15.4 Å². The van der Waals surface area contributed by atoms with E-state index in [0.29, 0.717) is 17.1 Å². The predicted molar refractivity (Wildman–Crippen MR) is 86.3 cm³/mol. The number of para-hydroxylation sites is 1. The molecule has 1 saturated heterocycles. The van der Waals surface area contributed by atoms with Crippen LogP contribution >= 0.6 is 0 Å². The zero-order chi connectivity index (χ0) is 15.5. The quantitative estimate of drug-likeness (QED) is 0.847. The van der Waals surface area contributed by atoms with E-state index in [1.807, 2.05) is 6.92 Å². The Bertz CT molecular complexity index is 452. The molecule has 0 aliphatic carbocycles. The summed E-state index contributed by atoms with van der Waals surface area (Å²) in [6.45, 7) is 13.2. The molecule has 0 radical (unpaired) electrons. The van der Waals surface area contributed by atoms with Crippen LogP contribution in [0.4, 0.5) is 0 Å². The maximum Gasteiger partial charge on any atom is 0.128 e. The fourth-order valence-corrected chi connectivity index (χ4v) is 4.03. The number of quaternary nitrogens is 2. The molecule has 2 rings (SSSR count). The Kier molecular flexibility index (Phi) is 4.95. The van der Waals surface area contributed by atoms with Gasteiger partial charge in [-0.1, -0.05) is 12.1 Å². The smallest absolute Gasteiger partial charge is 0.128 e. The van der Waals surface area contributed by atoms with Crippen molar-refractivity contribution in [2.75, 3.05) is 6.61 Å². The Morgan fingerprint density at radius 1 is 1.14 bits per heavy atom. The first-order valence-corrected chi connectivity index (χ1v) is 8.22. The Morgan fingerprint density at radius 2 is 1.76 bits per heavy atom. The molecule has 0 saturated carbocycles. The average Bonchev–Trinajstić information content (AvgIpc) is 2.34. The summed E-state index contributed by atoms with van der Waals surface area (Å²) in [5, 5.41) is 5.05. The molecule has 3 heteroatoms. The van der Waals surface area contributed by atoms with Crippen molar-refractivity contribution in [1.29, 1.82) is 0 Å². The van der Waals surface area contributed by atoms with Crippen molar-refractivity contribution in [1.82, 2.24) is 0 Å². The van der Waals surface area contributed by atoms with Gasteiger partial charge in [-0.05, 0) is 46.8 Å². The number of benzene rings is 1. The molecule has 0 spiro atoms. The van der Waals surface area contributed by atoms with Gasteiger partial charge in [0.15, 0.2) is 0 Å². The normalized spacial score (nSPS) is 21.2. The van der Waals surface area contributed by atoms with Crippen molar-refractivity contribution in [3.63, 3.8) is 0 Å². The molecule has 0 unspecified atom stereocenters. The van der Waals surface area contributed by atoms with Gasteiger partial charge in [-0.15, -0.1) is 0 Å². The summed E-state index contributed by atoms with van der Waals surface area (Å²) >= 11 is 0. The third-order valence-electron chi connectivity index (χ3n) is 4.30. The molecule has 1 heterocycles. The summed E-state index contributed by atoms with van der Waals surface area (Å²) in [6, 6.07) is 9.11. The van der Waals surface area contributed by atoms with Crippen molar-refractivity contribution >= 4 is 0 Å². The van der Waals surface area contributed by atoms with E-state index in [0.717, 1.165) is 18.9 Å². The van der Waals surface area contributed by atoms with Gasteiger partial charge in [0.05, 0.1) is 36.6 Å². The lowest BCUT2D eigenvalue weighted by molar-refractivity contribution is -0.816. The molecular weight excluding hydrogens is 260 g/mol. The molecule has 1 aliphatic heterocycles. The van der Waals surface area contributed by atoms with Crippen LogP contribution in [-0.4, -0.2) is 23.7 Å². The zero-order valence-electron chi connectivity index (χ0n) is 14.3. The number of ether oxygens (including phenoxy) is 1. The van der Waals surface area contributed by atoms with Crippen LogP contribution in [0.2, 0.25) is 0 Å². The molecule has 4 N–H and O–H groups in total. The van der Waals surface area contributed by atoms with Gasteiger partial charge in [-0.2, -0.15) is 0 Å². The highest BCUT2D eigenvalue weighted by atomic mass is 16.5. The molecule has 3 nitrogen and oxygen atoms in total. The summed E-state index contributed by atoms with van der Waals surface area (Å²) in [7, 11) is 0. The first kappa shape index (κ1) is 16.3. The summed E-state index contributed by atoms with van der Waals surface area (Å²) < 4.78 is 5.73. The SMILES string of the molecule is CCOc1ccccc1C[NH2+]C1CC(C)(C)[NH2+]C(C)(C)C1. The van der Waals surface area contributed by atoms with Crippen LogP contribution in [0.5, 0.6) is 5.75 Å². The minimum absolute atomic E-state index is 0.336. The highest BCUT2D eigenvalue weighted by molar-refractivity contribution is 5.32. The van der Waals surface area contributed by atoms with Crippen molar-refractivity contribution in [3.8, 4) is 5.75 Å². The lowest BCUT2D eigenvalue weighted by Crippen LogP contribution is -3.09. The zero-order valence-corrected chi connectivity index (χ0v) is 14.3. The fraction of sp³-hybridized carbons (Fsp3) is 0.667. The molecule has 1 aromatic rings. The van der Waals surface area contributed by atoms with E-state index in [4.69, 9.17) is 4.74 Å². The van der Waals surface area contributed by atoms with E-state index in [-0.39, 0.29) is 0 Å². The molecule has 21 heavy (non-hydrogen) atoms. The van der Waals surface area contributed by atoms with E-state index in [1.54, 1.807) is 0 Å². The number of hydrogen-bond donors (Lipinski definition) is 2. The van der Waals surface area contributed by atoms with Crippen molar-refractivity contribution in [2.24, 2.45) is 0 Å². The van der Waals surface area contributed by atoms with Gasteiger partial charge < -0.3 is 15.4 Å². The summed E-state index contributed by atoms with van der Waals surface area (Å²) in [4.78, 5) is 0. The van der Waals surface area contributed by atoms with Gasteiger partial charge in [0.1, 0.15) is 12.3 Å². The first-order valence-electron chi connectivity index (χ1n) is 8.22. The monoisotopic (exact) mass is 292 g/mol. The number of piperidine rings is 1. The van der Waals surface area contributed by atoms with E-state index in [1.165, 1.54) is 18.4 Å². The molecule has 0 bridgehead atoms. The number of nitrogens with two attached hydrogens (primary N) is 2. The van der Waals surface area contributed by atoms with Crippen LogP contribution in [0.25, 0.3) is 0 Å². The van der Waals surface area contributed by atoms with Gasteiger partial charge in [-0.3, -0.25) is 0 Å². The Balaban J connectivity index is 1.99. The third kappa shape index (κ3) is 4.72. The topological polar surface area (TPSA) is 42.5 Å². The summed E-state index contributed by atoms with van der Waals surface area (Å²) in [5.74, 6) is 1.04. The standard InChI is InChI=1S/C18H30N2O/c1-6-21-16-10-8-7-9-14(16)13-19-15-11-17(2,3)20-18(4,5)12-15/h7-10,15,19-20H,6,11-13H2,1-5H3/p+2. The van der Waals surface area contributed by atoms with Crippen LogP contribution < -0.4 is 15.4 Å². The van der Waals surface area contributed by atoms with Gasteiger partial charge >= 0.3 is 0 Å². The first-order chi connectivity index (χ1) is 9.81. The average molecular weight is 292 g/mol. The van der Waals surface area contributed by atoms with E-state index in [9.17, 15) is 0 Å². The van der Waals surface area contributed by atoms with E-state index >= 15 is 0 Å². The molecule has 118 valence electrons. The van der Waals surface area contributed by atoms with Crippen molar-refractivity contribution in [3.05, 3.63) is 29.8 Å². The number of rotatable bonds is 5. The number of hydrogen-bond acceptors (Lipinski definition) is 1. The Hall–Kier alpha value is -1.06. The lowest BCUT2D eigenvalue weighted by atomic mass is 9.79. The second-order valence-corrected chi connectivity index (χ2v) is 7.77. The van der Waals surface area contributed by atoms with E-state index < -0.39 is 0 Å². The molecule has 0 amide bonds. The van der Waals surface area contributed by atoms with Crippen molar-refractivity contribution in [2.45, 2.75) is 71.1 Å². The fourth-order valence-electron chi connectivity index (χ4n) is 4.03. The highest BCUT2D eigenvalue weighted by Gasteiger charge is 2.43. The van der Waals surface area contributed by atoms with Crippen LogP contribution in [0.15, 0.2) is 24.3 Å². The largest absolute Gasteiger partial charge is 0.493 e. The minimum Gasteiger partial charge on any atom is -0.493 e. The second kappa shape index (κ2) is 6.37. The summed E-state index contributed by atoms with van der Waals surface area (Å²) in [5.41, 5.74) is 1.98. The third-order valence-corrected chi connectivity index (χ3v) is 4.30. The predicted octanol–water partition coefficient (Wildman–Crippen LogP) is 1.43. The van der Waals surface area contributed by atoms with Crippen LogP contribution in [0, 0.1) is 0 Å². The highest BCUT2D eigenvalue weighted by Crippen LogP contribution is 2.20. The van der Waals surface area contributed by atoms with Crippen LogP contribution in [0.3, 0.4) is 0 Å². The van der Waals surface area contributed by atoms with Crippen LogP contribution in [0.1, 0.15) is 53.0 Å². The van der Waals surface area contributed by atoms with Crippen LogP contribution in [-0.2, 0) is 6.54 Å². The molecule has 1 aliphatic rings.